The Kier molecular flexibility index (Phi) is 3.28. The number of unbranched alkanes of at least 4 members (excludes halogenated alkanes) is 1. The van der Waals surface area contributed by atoms with Gasteiger partial charge in [0.15, 0.2) is 0 Å². The van der Waals surface area contributed by atoms with E-state index in [1.807, 2.05) is 11.4 Å². The third-order valence-corrected chi connectivity index (χ3v) is 2.75. The molecule has 0 atom stereocenters. The number of fused-ring (bicyclic) bond motifs is 1. The van der Waals surface area contributed by atoms with Crippen LogP contribution in [0.3, 0.4) is 0 Å². The molecular formula is C11H10N2OS. The average Bonchev–Trinajstić information content (AvgIpc) is 2.73. The van der Waals surface area contributed by atoms with E-state index in [0.717, 1.165) is 15.9 Å². The molecule has 0 aliphatic heterocycles. The Balaban J connectivity index is 2.26. The molecule has 3 nitrogen and oxygen atoms in total. The van der Waals surface area contributed by atoms with Gasteiger partial charge >= 0.3 is 0 Å². The Morgan fingerprint density at radius 2 is 2.33 bits per heavy atom. The van der Waals surface area contributed by atoms with Crippen molar-refractivity contribution in [2.75, 3.05) is 6.61 Å². The summed E-state index contributed by atoms with van der Waals surface area (Å²) in [5, 5.41) is 11.6. The highest BCUT2D eigenvalue weighted by Crippen LogP contribution is 2.19. The van der Waals surface area contributed by atoms with Gasteiger partial charge in [0.25, 0.3) is 0 Å². The zero-order valence-electron chi connectivity index (χ0n) is 8.10. The van der Waals surface area contributed by atoms with Crippen LogP contribution in [0.15, 0.2) is 17.8 Å². The largest absolute Gasteiger partial charge is 0.396 e. The number of hydrogen-bond acceptors (Lipinski definition) is 4. The first-order valence-corrected chi connectivity index (χ1v) is 5.57. The van der Waals surface area contributed by atoms with Crippen molar-refractivity contribution in [3.05, 3.63) is 23.5 Å². The molecule has 2 aromatic heterocycles. The monoisotopic (exact) mass is 218 g/mol. The molecule has 2 aromatic rings. The van der Waals surface area contributed by atoms with Gasteiger partial charge < -0.3 is 5.11 Å². The molecule has 0 radical (unpaired) electrons. The van der Waals surface area contributed by atoms with E-state index in [1.54, 1.807) is 11.3 Å². The summed E-state index contributed by atoms with van der Waals surface area (Å²) in [6.07, 6.45) is 2.95. The summed E-state index contributed by atoms with van der Waals surface area (Å²) in [4.78, 5) is 9.25. The highest BCUT2D eigenvalue weighted by Gasteiger charge is 2.00. The van der Waals surface area contributed by atoms with Gasteiger partial charge in [-0.1, -0.05) is 5.92 Å². The number of nitrogens with zero attached hydrogens (tertiary/aromatic N) is 2. The summed E-state index contributed by atoms with van der Waals surface area (Å²) >= 11 is 1.59. The SMILES string of the molecule is OCCCC#Cc1ncnc2sccc12. The summed E-state index contributed by atoms with van der Waals surface area (Å²) in [5.41, 5.74) is 0.777. The normalized spacial score (nSPS) is 9.93. The van der Waals surface area contributed by atoms with Gasteiger partial charge in [0.05, 0.1) is 0 Å². The zero-order valence-corrected chi connectivity index (χ0v) is 8.92. The van der Waals surface area contributed by atoms with E-state index >= 15 is 0 Å². The summed E-state index contributed by atoms with van der Waals surface area (Å²) in [6, 6.07) is 1.98. The molecule has 0 saturated heterocycles. The van der Waals surface area contributed by atoms with E-state index in [-0.39, 0.29) is 6.61 Å². The second-order valence-corrected chi connectivity index (χ2v) is 3.89. The van der Waals surface area contributed by atoms with E-state index in [4.69, 9.17) is 5.11 Å². The van der Waals surface area contributed by atoms with Crippen molar-refractivity contribution in [2.45, 2.75) is 12.8 Å². The van der Waals surface area contributed by atoms with Crippen LogP contribution in [-0.2, 0) is 0 Å². The number of thiophene rings is 1. The topological polar surface area (TPSA) is 46.0 Å². The van der Waals surface area contributed by atoms with E-state index < -0.39 is 0 Å². The molecule has 0 fully saturated rings. The fraction of sp³-hybridized carbons (Fsp3) is 0.273. The molecule has 0 bridgehead atoms. The number of aromatic nitrogens is 2. The average molecular weight is 218 g/mol. The van der Waals surface area contributed by atoms with Crippen LogP contribution in [0.5, 0.6) is 0 Å². The van der Waals surface area contributed by atoms with Crippen molar-refractivity contribution in [2.24, 2.45) is 0 Å². The lowest BCUT2D eigenvalue weighted by molar-refractivity contribution is 0.290. The van der Waals surface area contributed by atoms with Crippen LogP contribution in [0.2, 0.25) is 0 Å². The molecule has 4 heteroatoms. The number of hydrogen-bond donors (Lipinski definition) is 1. The number of rotatable bonds is 2. The van der Waals surface area contributed by atoms with E-state index in [2.05, 4.69) is 21.8 Å². The second kappa shape index (κ2) is 4.87. The zero-order chi connectivity index (χ0) is 10.5. The maximum absolute atomic E-state index is 8.61. The van der Waals surface area contributed by atoms with E-state index in [0.29, 0.717) is 12.8 Å². The van der Waals surface area contributed by atoms with Gasteiger partial charge in [-0.3, -0.25) is 0 Å². The minimum Gasteiger partial charge on any atom is -0.396 e. The minimum atomic E-state index is 0.187. The first-order valence-electron chi connectivity index (χ1n) is 4.70. The van der Waals surface area contributed by atoms with Gasteiger partial charge in [-0.25, -0.2) is 9.97 Å². The maximum atomic E-state index is 8.61. The van der Waals surface area contributed by atoms with Gasteiger partial charge in [-0.2, -0.15) is 0 Å². The Morgan fingerprint density at radius 1 is 1.40 bits per heavy atom. The summed E-state index contributed by atoms with van der Waals surface area (Å²) in [6.45, 7) is 0.187. The molecule has 0 spiro atoms. The van der Waals surface area contributed by atoms with Crippen molar-refractivity contribution in [3.8, 4) is 11.8 Å². The number of aliphatic hydroxyl groups is 1. The molecule has 0 amide bonds. The fourth-order valence-electron chi connectivity index (χ4n) is 1.20. The lowest BCUT2D eigenvalue weighted by Crippen LogP contribution is -1.85. The first kappa shape index (κ1) is 10.1. The molecule has 15 heavy (non-hydrogen) atoms. The third kappa shape index (κ3) is 2.32. The molecule has 0 aliphatic rings. The lowest BCUT2D eigenvalue weighted by Gasteiger charge is -1.91. The molecule has 1 N–H and O–H groups in total. The number of aliphatic hydroxyl groups excluding tert-OH is 1. The van der Waals surface area contributed by atoms with Crippen LogP contribution in [0.25, 0.3) is 10.2 Å². The van der Waals surface area contributed by atoms with Gasteiger partial charge in [0.1, 0.15) is 16.9 Å². The van der Waals surface area contributed by atoms with Gasteiger partial charge in [0, 0.05) is 18.4 Å². The summed E-state index contributed by atoms with van der Waals surface area (Å²) in [5.74, 6) is 5.99. The van der Waals surface area contributed by atoms with Crippen LogP contribution in [0, 0.1) is 11.8 Å². The molecule has 2 rings (SSSR count). The third-order valence-electron chi connectivity index (χ3n) is 1.93. The maximum Gasteiger partial charge on any atom is 0.127 e. The molecule has 2 heterocycles. The molecule has 0 aromatic carbocycles. The van der Waals surface area contributed by atoms with Gasteiger partial charge in [-0.05, 0) is 23.8 Å². The summed E-state index contributed by atoms with van der Waals surface area (Å²) < 4.78 is 0. The Morgan fingerprint density at radius 3 is 3.20 bits per heavy atom. The Hall–Kier alpha value is -1.44. The minimum absolute atomic E-state index is 0.187. The van der Waals surface area contributed by atoms with Crippen molar-refractivity contribution >= 4 is 21.6 Å². The fourth-order valence-corrected chi connectivity index (χ4v) is 1.94. The highest BCUT2D eigenvalue weighted by molar-refractivity contribution is 7.16. The second-order valence-electron chi connectivity index (χ2n) is 2.99. The van der Waals surface area contributed by atoms with Crippen LogP contribution in [0.4, 0.5) is 0 Å². The highest BCUT2D eigenvalue weighted by atomic mass is 32.1. The molecule has 0 unspecified atom stereocenters. The predicted molar refractivity (Wildman–Crippen MR) is 60.6 cm³/mol. The van der Waals surface area contributed by atoms with Crippen molar-refractivity contribution in [1.29, 1.82) is 0 Å². The van der Waals surface area contributed by atoms with Crippen LogP contribution >= 0.6 is 11.3 Å². The van der Waals surface area contributed by atoms with E-state index in [9.17, 15) is 0 Å². The van der Waals surface area contributed by atoms with Crippen LogP contribution in [0.1, 0.15) is 18.5 Å². The smallest absolute Gasteiger partial charge is 0.127 e. The van der Waals surface area contributed by atoms with Crippen molar-refractivity contribution < 1.29 is 5.11 Å². The lowest BCUT2D eigenvalue weighted by atomic mass is 10.2. The van der Waals surface area contributed by atoms with Gasteiger partial charge in [0.2, 0.25) is 0 Å². The van der Waals surface area contributed by atoms with Gasteiger partial charge in [-0.15, -0.1) is 11.3 Å². The van der Waals surface area contributed by atoms with Crippen molar-refractivity contribution in [3.63, 3.8) is 0 Å². The Bertz CT molecular complexity index is 510. The quantitative estimate of drug-likeness (QED) is 0.617. The molecule has 76 valence electrons. The molecule has 0 aliphatic carbocycles. The molecular weight excluding hydrogens is 208 g/mol. The van der Waals surface area contributed by atoms with Crippen LogP contribution in [-0.4, -0.2) is 21.7 Å². The predicted octanol–water partition coefficient (Wildman–Crippen LogP) is 1.82. The first-order chi connectivity index (χ1) is 7.42. The summed E-state index contributed by atoms with van der Waals surface area (Å²) in [7, 11) is 0. The standard InChI is InChI=1S/C11H10N2OS/c14-6-3-1-2-4-10-9-5-7-15-11(9)13-8-12-10/h5,7-8,14H,1,3,6H2. The molecule has 0 saturated carbocycles. The van der Waals surface area contributed by atoms with Crippen molar-refractivity contribution in [1.82, 2.24) is 9.97 Å². The van der Waals surface area contributed by atoms with Crippen LogP contribution < -0.4 is 0 Å². The Labute approximate surface area is 91.8 Å². The van der Waals surface area contributed by atoms with E-state index in [1.165, 1.54) is 6.33 Å².